The van der Waals surface area contributed by atoms with Gasteiger partial charge in [-0.1, -0.05) is 45.7 Å². The van der Waals surface area contributed by atoms with Crippen molar-refractivity contribution in [1.82, 2.24) is 19.6 Å². The predicted octanol–water partition coefficient (Wildman–Crippen LogP) is 4.83. The highest BCUT2D eigenvalue weighted by Gasteiger charge is 2.12. The van der Waals surface area contributed by atoms with Crippen LogP contribution in [0.2, 0.25) is 5.02 Å². The lowest BCUT2D eigenvalue weighted by atomic mass is 10.2. The van der Waals surface area contributed by atoms with Crippen molar-refractivity contribution in [2.75, 3.05) is 5.32 Å². The Bertz CT molecular complexity index is 1160. The highest BCUT2D eigenvalue weighted by atomic mass is 79.9. The van der Waals surface area contributed by atoms with Crippen LogP contribution in [-0.2, 0) is 13.3 Å². The molecule has 1 amide bonds. The van der Waals surface area contributed by atoms with Gasteiger partial charge in [0.1, 0.15) is 5.75 Å². The number of halogens is 2. The van der Waals surface area contributed by atoms with Gasteiger partial charge in [-0.15, -0.1) is 0 Å². The first-order valence-electron chi connectivity index (χ1n) is 9.06. The van der Waals surface area contributed by atoms with Crippen LogP contribution in [-0.4, -0.2) is 25.5 Å². The number of benzene rings is 2. The monoisotopic (exact) mass is 485 g/mol. The van der Waals surface area contributed by atoms with Crippen molar-refractivity contribution in [3.63, 3.8) is 0 Å². The van der Waals surface area contributed by atoms with E-state index in [1.54, 1.807) is 34.0 Å². The van der Waals surface area contributed by atoms with Gasteiger partial charge in [0.05, 0.1) is 18.4 Å². The summed E-state index contributed by atoms with van der Waals surface area (Å²) in [5.74, 6) is 0.389. The molecule has 2 aromatic heterocycles. The molecule has 0 atom stereocenters. The third-order valence-electron chi connectivity index (χ3n) is 4.23. The number of carbonyl (C=O) groups is 1. The number of carbonyl (C=O) groups excluding carboxylic acids is 1. The standard InChI is InChI=1S/C21H17BrClN5O2/c22-16-5-7-18(8-6-16)30-14-27-10-9-20(26-27)21(29)25-17-11-24-28(13-17)12-15-3-1-2-4-19(15)23/h1-11,13H,12,14H2,(H,25,29). The van der Waals surface area contributed by atoms with Crippen LogP contribution in [0.3, 0.4) is 0 Å². The average Bonchev–Trinajstić information content (AvgIpc) is 3.39. The summed E-state index contributed by atoms with van der Waals surface area (Å²) in [5.41, 5.74) is 1.81. The summed E-state index contributed by atoms with van der Waals surface area (Å²) in [6, 6.07) is 16.7. The van der Waals surface area contributed by atoms with Crippen molar-refractivity contribution in [3.05, 3.63) is 93.9 Å². The second-order valence-electron chi connectivity index (χ2n) is 6.44. The molecular formula is C21H17BrClN5O2. The van der Waals surface area contributed by atoms with Crippen molar-refractivity contribution < 1.29 is 9.53 Å². The SMILES string of the molecule is O=C(Nc1cnn(Cc2ccccc2Cl)c1)c1ccn(COc2ccc(Br)cc2)n1. The van der Waals surface area contributed by atoms with Gasteiger partial charge in [-0.05, 0) is 42.0 Å². The molecule has 2 aromatic carbocycles. The summed E-state index contributed by atoms with van der Waals surface area (Å²) < 4.78 is 9.89. The maximum atomic E-state index is 12.5. The van der Waals surface area contributed by atoms with Crippen LogP contribution in [0.5, 0.6) is 5.75 Å². The molecular weight excluding hydrogens is 470 g/mol. The van der Waals surface area contributed by atoms with Crippen LogP contribution < -0.4 is 10.1 Å². The molecule has 7 nitrogen and oxygen atoms in total. The fraction of sp³-hybridized carbons (Fsp3) is 0.0952. The fourth-order valence-electron chi connectivity index (χ4n) is 2.74. The molecule has 0 saturated heterocycles. The van der Waals surface area contributed by atoms with Crippen molar-refractivity contribution in [1.29, 1.82) is 0 Å². The molecule has 1 N–H and O–H groups in total. The van der Waals surface area contributed by atoms with Crippen molar-refractivity contribution >= 4 is 39.1 Å². The second kappa shape index (κ2) is 9.15. The summed E-state index contributed by atoms with van der Waals surface area (Å²) in [5, 5.41) is 12.0. The molecule has 2 heterocycles. The van der Waals surface area contributed by atoms with Gasteiger partial charge in [0.25, 0.3) is 5.91 Å². The quantitative estimate of drug-likeness (QED) is 0.406. The van der Waals surface area contributed by atoms with Crippen LogP contribution in [0, 0.1) is 0 Å². The van der Waals surface area contributed by atoms with Gasteiger partial charge >= 0.3 is 0 Å². The van der Waals surface area contributed by atoms with Crippen LogP contribution in [0.4, 0.5) is 5.69 Å². The number of nitrogens with zero attached hydrogens (tertiary/aromatic N) is 4. The number of ether oxygens (including phenoxy) is 1. The lowest BCUT2D eigenvalue weighted by Crippen LogP contribution is -2.14. The zero-order valence-electron chi connectivity index (χ0n) is 15.7. The summed E-state index contributed by atoms with van der Waals surface area (Å²) in [6.07, 6.45) is 5.02. The summed E-state index contributed by atoms with van der Waals surface area (Å²) >= 11 is 9.57. The smallest absolute Gasteiger partial charge is 0.276 e. The predicted molar refractivity (Wildman–Crippen MR) is 118 cm³/mol. The lowest BCUT2D eigenvalue weighted by Gasteiger charge is -2.06. The zero-order chi connectivity index (χ0) is 20.9. The minimum Gasteiger partial charge on any atom is -0.471 e. The molecule has 0 bridgehead atoms. The van der Waals surface area contributed by atoms with Gasteiger partial charge in [-0.2, -0.15) is 10.2 Å². The molecule has 0 unspecified atom stereocenters. The average molecular weight is 487 g/mol. The van der Waals surface area contributed by atoms with E-state index in [1.807, 2.05) is 48.5 Å². The molecule has 30 heavy (non-hydrogen) atoms. The van der Waals surface area contributed by atoms with Gasteiger partial charge in [0.15, 0.2) is 12.4 Å². The third-order valence-corrected chi connectivity index (χ3v) is 5.13. The Hall–Kier alpha value is -3.10. The van der Waals surface area contributed by atoms with E-state index in [4.69, 9.17) is 16.3 Å². The Labute approximate surface area is 186 Å². The van der Waals surface area contributed by atoms with E-state index in [0.29, 0.717) is 23.0 Å². The Balaban J connectivity index is 1.34. The molecule has 0 fully saturated rings. The van der Waals surface area contributed by atoms with Crippen molar-refractivity contribution in [2.45, 2.75) is 13.3 Å². The first-order valence-corrected chi connectivity index (χ1v) is 10.2. The Morgan fingerprint density at radius 3 is 2.70 bits per heavy atom. The molecule has 0 aliphatic rings. The highest BCUT2D eigenvalue weighted by Crippen LogP contribution is 2.18. The highest BCUT2D eigenvalue weighted by molar-refractivity contribution is 9.10. The zero-order valence-corrected chi connectivity index (χ0v) is 18.0. The molecule has 0 saturated carbocycles. The fourth-order valence-corrected chi connectivity index (χ4v) is 3.20. The normalized spacial score (nSPS) is 10.7. The second-order valence-corrected chi connectivity index (χ2v) is 7.76. The van der Waals surface area contributed by atoms with E-state index >= 15 is 0 Å². The molecule has 9 heteroatoms. The Morgan fingerprint density at radius 1 is 1.10 bits per heavy atom. The maximum absolute atomic E-state index is 12.5. The summed E-state index contributed by atoms with van der Waals surface area (Å²) in [6.45, 7) is 0.711. The summed E-state index contributed by atoms with van der Waals surface area (Å²) in [7, 11) is 0. The van der Waals surface area contributed by atoms with E-state index < -0.39 is 0 Å². The molecule has 0 aliphatic heterocycles. The number of anilines is 1. The molecule has 0 radical (unpaired) electrons. The van der Waals surface area contributed by atoms with Crippen LogP contribution in [0.15, 0.2) is 77.7 Å². The number of nitrogens with one attached hydrogen (secondary N) is 1. The number of hydrogen-bond acceptors (Lipinski definition) is 4. The lowest BCUT2D eigenvalue weighted by molar-refractivity contribution is 0.102. The minimum absolute atomic E-state index is 0.199. The Morgan fingerprint density at radius 2 is 1.90 bits per heavy atom. The minimum atomic E-state index is -0.324. The van der Waals surface area contributed by atoms with Gasteiger partial charge < -0.3 is 10.1 Å². The molecule has 4 aromatic rings. The van der Waals surface area contributed by atoms with E-state index in [9.17, 15) is 4.79 Å². The number of amides is 1. The van der Waals surface area contributed by atoms with Crippen molar-refractivity contribution in [3.8, 4) is 5.75 Å². The topological polar surface area (TPSA) is 74.0 Å². The van der Waals surface area contributed by atoms with Crippen LogP contribution in [0.1, 0.15) is 16.1 Å². The third kappa shape index (κ3) is 5.08. The molecule has 0 spiro atoms. The van der Waals surface area contributed by atoms with E-state index in [1.165, 1.54) is 0 Å². The molecule has 152 valence electrons. The van der Waals surface area contributed by atoms with E-state index in [-0.39, 0.29) is 18.3 Å². The van der Waals surface area contributed by atoms with E-state index in [2.05, 4.69) is 31.4 Å². The van der Waals surface area contributed by atoms with Gasteiger partial charge in [0.2, 0.25) is 0 Å². The molecule has 4 rings (SSSR count). The number of aromatic nitrogens is 4. The first-order chi connectivity index (χ1) is 14.6. The molecule has 0 aliphatic carbocycles. The number of hydrogen-bond donors (Lipinski definition) is 1. The van der Waals surface area contributed by atoms with Gasteiger partial charge in [-0.25, -0.2) is 4.68 Å². The summed E-state index contributed by atoms with van der Waals surface area (Å²) in [4.78, 5) is 12.5. The number of rotatable bonds is 7. The first kappa shape index (κ1) is 20.2. The van der Waals surface area contributed by atoms with Crippen LogP contribution >= 0.6 is 27.5 Å². The van der Waals surface area contributed by atoms with Gasteiger partial charge in [0, 0.05) is 21.9 Å². The van der Waals surface area contributed by atoms with Crippen LogP contribution in [0.25, 0.3) is 0 Å². The largest absolute Gasteiger partial charge is 0.471 e. The van der Waals surface area contributed by atoms with Crippen molar-refractivity contribution in [2.24, 2.45) is 0 Å². The van der Waals surface area contributed by atoms with Gasteiger partial charge in [-0.3, -0.25) is 9.48 Å². The Kier molecular flexibility index (Phi) is 6.15. The van der Waals surface area contributed by atoms with E-state index in [0.717, 1.165) is 10.0 Å². The maximum Gasteiger partial charge on any atom is 0.276 e.